The van der Waals surface area contributed by atoms with Crippen molar-refractivity contribution in [3.05, 3.63) is 35.4 Å². The molecule has 0 aliphatic heterocycles. The van der Waals surface area contributed by atoms with E-state index in [9.17, 15) is 10.0 Å². The van der Waals surface area contributed by atoms with Crippen LogP contribution in [0.15, 0.2) is 35.2 Å². The fraction of sp³-hybridized carbons (Fsp3) is 0.0909. The van der Waals surface area contributed by atoms with Crippen LogP contribution >= 0.6 is 23.4 Å². The molecule has 0 spiro atoms. The Morgan fingerprint density at radius 1 is 1.25 bits per heavy atom. The summed E-state index contributed by atoms with van der Waals surface area (Å²) >= 11 is 7.66. The molecule has 2 aromatic rings. The lowest BCUT2D eigenvalue weighted by Gasteiger charge is -2.11. The van der Waals surface area contributed by atoms with Gasteiger partial charge >= 0.3 is 7.12 Å². The highest BCUT2D eigenvalue weighted by Crippen LogP contribution is 2.31. The van der Waals surface area contributed by atoms with Crippen molar-refractivity contribution in [2.75, 3.05) is 6.26 Å². The van der Waals surface area contributed by atoms with Crippen LogP contribution in [0.4, 0.5) is 0 Å². The average Bonchev–Trinajstić information content (AvgIpc) is 2.29. The number of hydrogen-bond donors (Lipinski definition) is 2. The molecule has 0 atom stereocenters. The molecule has 82 valence electrons. The van der Waals surface area contributed by atoms with Crippen molar-refractivity contribution >= 4 is 46.7 Å². The monoisotopic (exact) mass is 252 g/mol. The molecule has 0 heterocycles. The van der Waals surface area contributed by atoms with E-state index < -0.39 is 7.12 Å². The smallest absolute Gasteiger partial charge is 0.423 e. The van der Waals surface area contributed by atoms with Crippen molar-refractivity contribution in [1.82, 2.24) is 0 Å². The van der Waals surface area contributed by atoms with E-state index in [1.807, 2.05) is 30.5 Å². The van der Waals surface area contributed by atoms with Gasteiger partial charge in [-0.15, -0.1) is 11.8 Å². The van der Waals surface area contributed by atoms with Gasteiger partial charge in [0, 0.05) is 10.3 Å². The van der Waals surface area contributed by atoms with Crippen molar-refractivity contribution in [1.29, 1.82) is 0 Å². The molecule has 16 heavy (non-hydrogen) atoms. The van der Waals surface area contributed by atoms with Crippen molar-refractivity contribution in [3.8, 4) is 0 Å². The predicted molar refractivity (Wildman–Crippen MR) is 70.6 cm³/mol. The molecule has 0 aliphatic carbocycles. The molecule has 2 N–H and O–H groups in total. The Balaban J connectivity index is 2.81. The van der Waals surface area contributed by atoms with E-state index in [0.717, 1.165) is 15.7 Å². The van der Waals surface area contributed by atoms with Crippen LogP contribution in [0.5, 0.6) is 0 Å². The second-order valence-corrected chi connectivity index (χ2v) is 4.60. The number of rotatable bonds is 2. The molecule has 5 heteroatoms. The second kappa shape index (κ2) is 4.68. The molecule has 2 rings (SSSR count). The number of fused-ring (bicyclic) bond motifs is 1. The molecule has 0 aliphatic rings. The van der Waals surface area contributed by atoms with E-state index in [1.165, 1.54) is 11.8 Å². The lowest BCUT2D eigenvalue weighted by molar-refractivity contribution is 0.425. The molecule has 0 saturated carbocycles. The Labute approximate surface area is 103 Å². The van der Waals surface area contributed by atoms with Crippen LogP contribution in [-0.4, -0.2) is 23.4 Å². The lowest BCUT2D eigenvalue weighted by atomic mass is 9.79. The first-order valence-corrected chi connectivity index (χ1v) is 6.36. The van der Waals surface area contributed by atoms with Crippen LogP contribution in [0.2, 0.25) is 5.02 Å². The first-order valence-electron chi connectivity index (χ1n) is 4.76. The first-order chi connectivity index (χ1) is 7.65. The Bertz CT molecular complexity index is 531. The number of hydrogen-bond acceptors (Lipinski definition) is 3. The largest absolute Gasteiger partial charge is 0.489 e. The zero-order valence-corrected chi connectivity index (χ0v) is 10.2. The maximum atomic E-state index is 9.30. The van der Waals surface area contributed by atoms with E-state index in [-0.39, 0.29) is 0 Å². The van der Waals surface area contributed by atoms with E-state index in [1.54, 1.807) is 6.07 Å². The molecule has 0 radical (unpaired) electrons. The third kappa shape index (κ3) is 1.94. The lowest BCUT2D eigenvalue weighted by Crippen LogP contribution is -2.31. The summed E-state index contributed by atoms with van der Waals surface area (Å²) in [6, 6.07) is 9.39. The van der Waals surface area contributed by atoms with Gasteiger partial charge in [0.1, 0.15) is 0 Å². The summed E-state index contributed by atoms with van der Waals surface area (Å²) in [5.74, 6) is 0. The molecule has 0 amide bonds. The maximum Gasteiger partial charge on any atom is 0.489 e. The summed E-state index contributed by atoms with van der Waals surface area (Å²) in [6.45, 7) is 0. The zero-order valence-electron chi connectivity index (χ0n) is 8.64. The minimum absolute atomic E-state index is 0.455. The van der Waals surface area contributed by atoms with Gasteiger partial charge in [-0.2, -0.15) is 0 Å². The minimum atomic E-state index is -1.50. The molecule has 0 bridgehead atoms. The van der Waals surface area contributed by atoms with E-state index in [0.29, 0.717) is 10.5 Å². The average molecular weight is 253 g/mol. The van der Waals surface area contributed by atoms with E-state index >= 15 is 0 Å². The summed E-state index contributed by atoms with van der Waals surface area (Å²) in [7, 11) is -1.50. The van der Waals surface area contributed by atoms with Gasteiger partial charge in [-0.05, 0) is 17.1 Å². The van der Waals surface area contributed by atoms with Gasteiger partial charge in [-0.3, -0.25) is 0 Å². The molecule has 0 fully saturated rings. The topological polar surface area (TPSA) is 40.5 Å². The third-order valence-corrected chi connectivity index (χ3v) is 3.80. The maximum absolute atomic E-state index is 9.30. The number of thioether (sulfide) groups is 1. The van der Waals surface area contributed by atoms with Crippen LogP contribution in [0.25, 0.3) is 10.8 Å². The molecular weight excluding hydrogens is 242 g/mol. The molecule has 2 aromatic carbocycles. The fourth-order valence-corrected chi connectivity index (χ4v) is 2.91. The van der Waals surface area contributed by atoms with E-state index in [2.05, 4.69) is 0 Å². The quantitative estimate of drug-likeness (QED) is 0.633. The van der Waals surface area contributed by atoms with Gasteiger partial charge in [-0.25, -0.2) is 0 Å². The van der Waals surface area contributed by atoms with E-state index in [4.69, 9.17) is 11.6 Å². The highest BCUT2D eigenvalue weighted by molar-refractivity contribution is 7.99. The molecule has 2 nitrogen and oxygen atoms in total. The Kier molecular flexibility index (Phi) is 3.45. The van der Waals surface area contributed by atoms with Crippen molar-refractivity contribution in [3.63, 3.8) is 0 Å². The fourth-order valence-electron chi connectivity index (χ4n) is 1.70. The van der Waals surface area contributed by atoms with Crippen LogP contribution in [0.3, 0.4) is 0 Å². The number of halogens is 1. The summed E-state index contributed by atoms with van der Waals surface area (Å²) in [5.41, 5.74) is 0.455. The van der Waals surface area contributed by atoms with Crippen LogP contribution in [0, 0.1) is 0 Å². The SMILES string of the molecule is CSc1c(B(O)O)cc2ccccc2c1Cl. The summed E-state index contributed by atoms with van der Waals surface area (Å²) < 4.78 is 0. The molecule has 0 saturated heterocycles. The van der Waals surface area contributed by atoms with Gasteiger partial charge in [0.15, 0.2) is 0 Å². The highest BCUT2D eigenvalue weighted by atomic mass is 35.5. The Hall–Kier alpha value is -0.675. The highest BCUT2D eigenvalue weighted by Gasteiger charge is 2.19. The van der Waals surface area contributed by atoms with Crippen LogP contribution < -0.4 is 5.46 Å². The normalized spacial score (nSPS) is 10.8. The van der Waals surface area contributed by atoms with Crippen molar-refractivity contribution in [2.45, 2.75) is 4.90 Å². The zero-order chi connectivity index (χ0) is 11.7. The van der Waals surface area contributed by atoms with Crippen molar-refractivity contribution in [2.24, 2.45) is 0 Å². The van der Waals surface area contributed by atoms with Gasteiger partial charge in [-0.1, -0.05) is 41.9 Å². The van der Waals surface area contributed by atoms with Gasteiger partial charge in [0.05, 0.1) is 5.02 Å². The summed E-state index contributed by atoms with van der Waals surface area (Å²) in [4.78, 5) is 0.718. The molecular formula is C11H10BClO2S. The van der Waals surface area contributed by atoms with Crippen molar-refractivity contribution < 1.29 is 10.0 Å². The van der Waals surface area contributed by atoms with Gasteiger partial charge < -0.3 is 10.0 Å². The molecule has 0 unspecified atom stereocenters. The predicted octanol–water partition coefficient (Wildman–Crippen LogP) is 1.89. The van der Waals surface area contributed by atoms with Gasteiger partial charge in [0.25, 0.3) is 0 Å². The minimum Gasteiger partial charge on any atom is -0.423 e. The first kappa shape index (κ1) is 11.8. The molecule has 0 aromatic heterocycles. The van der Waals surface area contributed by atoms with Crippen LogP contribution in [-0.2, 0) is 0 Å². The van der Waals surface area contributed by atoms with Crippen LogP contribution in [0.1, 0.15) is 0 Å². The number of benzene rings is 2. The Morgan fingerprint density at radius 3 is 2.56 bits per heavy atom. The van der Waals surface area contributed by atoms with Gasteiger partial charge in [0.2, 0.25) is 0 Å². The Morgan fingerprint density at radius 2 is 1.94 bits per heavy atom. The summed E-state index contributed by atoms with van der Waals surface area (Å²) in [6.07, 6.45) is 1.86. The second-order valence-electron chi connectivity index (χ2n) is 3.41. The standard InChI is InChI=1S/C11H10BClO2S/c1-16-11-9(12(14)15)6-7-4-2-3-5-8(7)10(11)13/h2-6,14-15H,1H3. The third-order valence-electron chi connectivity index (χ3n) is 2.45. The summed E-state index contributed by atoms with van der Waals surface area (Å²) in [5, 5.41) is 21.0.